The maximum atomic E-state index is 12.4. The van der Waals surface area contributed by atoms with Crippen LogP contribution in [0.4, 0.5) is 5.69 Å². The van der Waals surface area contributed by atoms with E-state index >= 15 is 0 Å². The first kappa shape index (κ1) is 20.2. The average molecular weight is 401 g/mol. The minimum atomic E-state index is -3.61. The smallest absolute Gasteiger partial charge is 0.240 e. The summed E-state index contributed by atoms with van der Waals surface area (Å²) < 4.78 is 26.4. The topological polar surface area (TPSA) is 92.3 Å². The van der Waals surface area contributed by atoms with Gasteiger partial charge in [-0.05, 0) is 68.1 Å². The second kappa shape index (κ2) is 8.24. The van der Waals surface area contributed by atoms with Crippen molar-refractivity contribution < 1.29 is 18.0 Å². The lowest BCUT2D eigenvalue weighted by Gasteiger charge is -2.10. The van der Waals surface area contributed by atoms with E-state index in [1.807, 2.05) is 18.2 Å². The van der Waals surface area contributed by atoms with Crippen LogP contribution in [-0.4, -0.2) is 27.2 Å². The van der Waals surface area contributed by atoms with Crippen LogP contribution in [0.2, 0.25) is 0 Å². The number of anilines is 1. The molecule has 1 amide bonds. The van der Waals surface area contributed by atoms with Gasteiger partial charge in [0.05, 0.1) is 4.90 Å². The Kier molecular flexibility index (Phi) is 5.96. The van der Waals surface area contributed by atoms with Crippen LogP contribution in [0.1, 0.15) is 46.3 Å². The summed E-state index contributed by atoms with van der Waals surface area (Å²) in [7, 11) is -2.27. The minimum Gasteiger partial charge on any atom is -0.326 e. The molecule has 0 saturated heterocycles. The summed E-state index contributed by atoms with van der Waals surface area (Å²) in [6.07, 6.45) is 3.34. The lowest BCUT2D eigenvalue weighted by molar-refractivity contribution is -0.116. The van der Waals surface area contributed by atoms with Crippen molar-refractivity contribution in [2.75, 3.05) is 12.4 Å². The highest BCUT2D eigenvalue weighted by atomic mass is 32.2. The molecule has 0 radical (unpaired) electrons. The van der Waals surface area contributed by atoms with Crippen LogP contribution in [-0.2, 0) is 27.7 Å². The third kappa shape index (κ3) is 4.48. The molecule has 0 aliphatic heterocycles. The SMILES string of the molecule is CNS(=O)(=O)c1cc(NC(=O)CCC(=O)c2ccc3c(c2)CCC3)ccc1C. The number of sulfonamides is 1. The van der Waals surface area contributed by atoms with E-state index in [9.17, 15) is 18.0 Å². The molecule has 0 atom stereocenters. The fraction of sp³-hybridized carbons (Fsp3) is 0.333. The number of Topliss-reactive ketones (excluding diaryl/α,β-unsaturated/α-hetero) is 1. The normalized spacial score (nSPS) is 13.2. The fourth-order valence-electron chi connectivity index (χ4n) is 3.42. The summed E-state index contributed by atoms with van der Waals surface area (Å²) in [5.41, 5.74) is 4.15. The van der Waals surface area contributed by atoms with Crippen molar-refractivity contribution in [3.63, 3.8) is 0 Å². The molecule has 2 aromatic carbocycles. The second-order valence-electron chi connectivity index (χ2n) is 7.00. The molecule has 1 aliphatic carbocycles. The van der Waals surface area contributed by atoms with Crippen LogP contribution in [0.25, 0.3) is 0 Å². The van der Waals surface area contributed by atoms with Gasteiger partial charge in [0.25, 0.3) is 0 Å². The number of carbonyl (C=O) groups is 2. The minimum absolute atomic E-state index is 0.0396. The number of fused-ring (bicyclic) bond motifs is 1. The van der Waals surface area contributed by atoms with Gasteiger partial charge in [0.15, 0.2) is 5.78 Å². The number of amides is 1. The first-order chi connectivity index (χ1) is 13.3. The number of hydrogen-bond donors (Lipinski definition) is 2. The van der Waals surface area contributed by atoms with Gasteiger partial charge in [0, 0.05) is 24.1 Å². The zero-order chi connectivity index (χ0) is 20.3. The average Bonchev–Trinajstić information content (AvgIpc) is 3.15. The van der Waals surface area contributed by atoms with Crippen LogP contribution in [0.15, 0.2) is 41.3 Å². The van der Waals surface area contributed by atoms with Crippen LogP contribution in [0.5, 0.6) is 0 Å². The highest BCUT2D eigenvalue weighted by molar-refractivity contribution is 7.89. The number of aryl methyl sites for hydroxylation is 3. The van der Waals surface area contributed by atoms with Crippen molar-refractivity contribution in [2.45, 2.75) is 43.9 Å². The molecule has 6 nitrogen and oxygen atoms in total. The molecular formula is C21H24N2O4S. The third-order valence-electron chi connectivity index (χ3n) is 5.03. The summed E-state index contributed by atoms with van der Waals surface area (Å²) in [4.78, 5) is 24.7. The Morgan fingerprint density at radius 2 is 1.75 bits per heavy atom. The van der Waals surface area contributed by atoms with E-state index < -0.39 is 10.0 Å². The van der Waals surface area contributed by atoms with E-state index in [0.29, 0.717) is 16.8 Å². The predicted molar refractivity (Wildman–Crippen MR) is 108 cm³/mol. The molecule has 28 heavy (non-hydrogen) atoms. The molecule has 148 valence electrons. The van der Waals surface area contributed by atoms with Gasteiger partial charge in [-0.25, -0.2) is 13.1 Å². The summed E-state index contributed by atoms with van der Waals surface area (Å²) in [5, 5.41) is 2.67. The molecule has 0 bridgehead atoms. The Hall–Kier alpha value is -2.51. The molecule has 2 aromatic rings. The molecular weight excluding hydrogens is 376 g/mol. The largest absolute Gasteiger partial charge is 0.326 e. The van der Waals surface area contributed by atoms with E-state index in [4.69, 9.17) is 0 Å². The molecule has 0 fully saturated rings. The van der Waals surface area contributed by atoms with E-state index in [2.05, 4.69) is 10.0 Å². The number of ketones is 1. The Morgan fingerprint density at radius 3 is 2.50 bits per heavy atom. The van der Waals surface area contributed by atoms with Crippen molar-refractivity contribution in [1.82, 2.24) is 4.72 Å². The Morgan fingerprint density at radius 1 is 1.00 bits per heavy atom. The van der Waals surface area contributed by atoms with Crippen LogP contribution >= 0.6 is 0 Å². The van der Waals surface area contributed by atoms with Crippen LogP contribution < -0.4 is 10.0 Å². The van der Waals surface area contributed by atoms with Gasteiger partial charge >= 0.3 is 0 Å². The quantitative estimate of drug-likeness (QED) is 0.699. The lowest BCUT2D eigenvalue weighted by Crippen LogP contribution is -2.20. The van der Waals surface area contributed by atoms with Crippen molar-refractivity contribution in [3.8, 4) is 0 Å². The van der Waals surface area contributed by atoms with Gasteiger partial charge in [0.2, 0.25) is 15.9 Å². The predicted octanol–water partition coefficient (Wildman–Crippen LogP) is 2.99. The maximum Gasteiger partial charge on any atom is 0.240 e. The highest BCUT2D eigenvalue weighted by Crippen LogP contribution is 2.24. The van der Waals surface area contributed by atoms with Gasteiger partial charge in [-0.3, -0.25) is 9.59 Å². The number of rotatable bonds is 7. The van der Waals surface area contributed by atoms with Crippen molar-refractivity contribution in [3.05, 3.63) is 58.7 Å². The first-order valence-electron chi connectivity index (χ1n) is 9.29. The van der Waals surface area contributed by atoms with Crippen molar-refractivity contribution in [2.24, 2.45) is 0 Å². The Balaban J connectivity index is 1.62. The Labute approximate surface area is 165 Å². The van der Waals surface area contributed by atoms with Crippen LogP contribution in [0, 0.1) is 6.92 Å². The molecule has 2 N–H and O–H groups in total. The number of benzene rings is 2. The monoisotopic (exact) mass is 400 g/mol. The number of hydrogen-bond acceptors (Lipinski definition) is 4. The van der Waals surface area contributed by atoms with E-state index in [0.717, 1.165) is 19.3 Å². The van der Waals surface area contributed by atoms with Gasteiger partial charge < -0.3 is 5.32 Å². The van der Waals surface area contributed by atoms with E-state index in [-0.39, 0.29) is 29.4 Å². The molecule has 0 aromatic heterocycles. The maximum absolute atomic E-state index is 12.4. The second-order valence-corrected chi connectivity index (χ2v) is 8.85. The molecule has 3 rings (SSSR count). The molecule has 0 unspecified atom stereocenters. The van der Waals surface area contributed by atoms with Gasteiger partial charge in [0.1, 0.15) is 0 Å². The zero-order valence-corrected chi connectivity index (χ0v) is 16.9. The lowest BCUT2D eigenvalue weighted by atomic mass is 10.0. The van der Waals surface area contributed by atoms with Gasteiger partial charge in [-0.2, -0.15) is 0 Å². The standard InChI is InChI=1S/C21H24N2O4S/c1-14-6-9-18(13-20(14)28(26,27)22-2)23-21(25)11-10-19(24)17-8-7-15-4-3-5-16(15)12-17/h6-9,12-13,22H,3-5,10-11H2,1-2H3,(H,23,25). The fourth-order valence-corrected chi connectivity index (χ4v) is 4.41. The highest BCUT2D eigenvalue weighted by Gasteiger charge is 2.17. The van der Waals surface area contributed by atoms with Crippen molar-refractivity contribution in [1.29, 1.82) is 0 Å². The summed E-state index contributed by atoms with van der Waals surface area (Å²) >= 11 is 0. The Bertz CT molecular complexity index is 1030. The molecule has 0 heterocycles. The molecule has 1 aliphatic rings. The molecule has 0 saturated carbocycles. The zero-order valence-electron chi connectivity index (χ0n) is 16.0. The van der Waals surface area contributed by atoms with E-state index in [1.165, 1.54) is 24.2 Å². The van der Waals surface area contributed by atoms with Crippen molar-refractivity contribution >= 4 is 27.4 Å². The van der Waals surface area contributed by atoms with Gasteiger partial charge in [-0.15, -0.1) is 0 Å². The molecule has 7 heteroatoms. The molecule has 0 spiro atoms. The van der Waals surface area contributed by atoms with E-state index in [1.54, 1.807) is 19.1 Å². The third-order valence-corrected chi connectivity index (χ3v) is 6.59. The van der Waals surface area contributed by atoms with Crippen LogP contribution in [0.3, 0.4) is 0 Å². The summed E-state index contributed by atoms with van der Waals surface area (Å²) in [6.45, 7) is 1.69. The van der Waals surface area contributed by atoms with Gasteiger partial charge in [-0.1, -0.05) is 18.2 Å². The first-order valence-corrected chi connectivity index (χ1v) is 10.8. The summed E-state index contributed by atoms with van der Waals surface area (Å²) in [5.74, 6) is -0.390. The number of carbonyl (C=O) groups excluding carboxylic acids is 2. The number of nitrogens with one attached hydrogen (secondary N) is 2. The summed E-state index contributed by atoms with van der Waals surface area (Å²) in [6, 6.07) is 10.5.